The number of aliphatic carboxylic acids is 1. The molecule has 1 fully saturated rings. The number of nitrogens with zero attached hydrogens (tertiary/aromatic N) is 1. The van der Waals surface area contributed by atoms with Gasteiger partial charge in [0, 0.05) is 18.9 Å². The molecule has 5 heteroatoms. The zero-order valence-electron chi connectivity index (χ0n) is 16.1. The molecule has 1 N–H and O–H groups in total. The number of carbonyl (C=O) groups excluding carboxylic acids is 1. The average Bonchev–Trinajstić information content (AvgIpc) is 3.06. The number of benzene rings is 2. The maximum atomic E-state index is 12.9. The summed E-state index contributed by atoms with van der Waals surface area (Å²) in [6.45, 7) is 0.500. The van der Waals surface area contributed by atoms with Gasteiger partial charge in [-0.05, 0) is 41.5 Å². The molecule has 0 bridgehead atoms. The molecule has 1 atom stereocenters. The van der Waals surface area contributed by atoms with Crippen LogP contribution < -0.4 is 0 Å². The van der Waals surface area contributed by atoms with Crippen molar-refractivity contribution in [1.29, 1.82) is 0 Å². The van der Waals surface area contributed by atoms with E-state index >= 15 is 0 Å². The number of carboxylic acid groups (broad SMARTS) is 1. The maximum Gasteiger partial charge on any atom is 0.410 e. The van der Waals surface area contributed by atoms with Crippen LogP contribution in [-0.4, -0.2) is 40.8 Å². The Labute approximate surface area is 170 Å². The van der Waals surface area contributed by atoms with E-state index in [2.05, 4.69) is 30.2 Å². The van der Waals surface area contributed by atoms with Crippen LogP contribution in [0.15, 0.2) is 48.5 Å². The fraction of sp³-hybridized carbons (Fsp3) is 0.333. The highest BCUT2D eigenvalue weighted by Gasteiger charge is 2.48. The third-order valence-electron chi connectivity index (χ3n) is 6.09. The van der Waals surface area contributed by atoms with Gasteiger partial charge in [-0.15, -0.1) is 12.3 Å². The normalized spacial score (nSPS) is 20.4. The number of piperidine rings is 1. The number of terminal acetylenes is 1. The first-order chi connectivity index (χ1) is 14.1. The second-order valence-corrected chi connectivity index (χ2v) is 7.63. The van der Waals surface area contributed by atoms with Gasteiger partial charge >= 0.3 is 12.1 Å². The largest absolute Gasteiger partial charge is 0.479 e. The summed E-state index contributed by atoms with van der Waals surface area (Å²) in [4.78, 5) is 26.3. The molecule has 1 saturated heterocycles. The van der Waals surface area contributed by atoms with E-state index in [0.717, 1.165) is 35.1 Å². The summed E-state index contributed by atoms with van der Waals surface area (Å²) >= 11 is 0. The maximum absolute atomic E-state index is 12.9. The number of carbonyl (C=O) groups is 2. The second kappa shape index (κ2) is 7.63. The molecule has 0 saturated carbocycles. The summed E-state index contributed by atoms with van der Waals surface area (Å²) in [6, 6.07) is 16.2. The number of carboxylic acids is 1. The molecule has 2 aromatic rings. The first-order valence-electron chi connectivity index (χ1n) is 9.88. The van der Waals surface area contributed by atoms with Crippen molar-refractivity contribution in [3.8, 4) is 23.5 Å². The minimum absolute atomic E-state index is 0.0213. The van der Waals surface area contributed by atoms with Crippen molar-refractivity contribution in [1.82, 2.24) is 4.90 Å². The lowest BCUT2D eigenvalue weighted by atomic mass is 9.84. The molecule has 1 aliphatic heterocycles. The molecule has 0 radical (unpaired) electrons. The molecule has 4 rings (SSSR count). The van der Waals surface area contributed by atoms with Crippen LogP contribution in [0.1, 0.15) is 42.7 Å². The highest BCUT2D eigenvalue weighted by atomic mass is 16.6. The van der Waals surface area contributed by atoms with Gasteiger partial charge in [0.2, 0.25) is 0 Å². The number of hydrogen-bond acceptors (Lipinski definition) is 3. The van der Waals surface area contributed by atoms with Crippen LogP contribution in [0.4, 0.5) is 4.79 Å². The molecule has 5 nitrogen and oxygen atoms in total. The molecular formula is C24H23NO4. The first kappa shape index (κ1) is 19.1. The molecule has 0 spiro atoms. The van der Waals surface area contributed by atoms with Crippen molar-refractivity contribution in [2.75, 3.05) is 13.2 Å². The molecule has 148 valence electrons. The quantitative estimate of drug-likeness (QED) is 0.793. The number of rotatable bonds is 4. The second-order valence-electron chi connectivity index (χ2n) is 7.63. The van der Waals surface area contributed by atoms with Crippen molar-refractivity contribution in [3.05, 3.63) is 59.7 Å². The van der Waals surface area contributed by atoms with Gasteiger partial charge in [0.1, 0.15) is 6.61 Å². The lowest BCUT2D eigenvalue weighted by Gasteiger charge is -2.42. The van der Waals surface area contributed by atoms with Crippen LogP contribution in [0, 0.1) is 12.3 Å². The van der Waals surface area contributed by atoms with Crippen LogP contribution in [0.5, 0.6) is 0 Å². The third kappa shape index (κ3) is 3.15. The summed E-state index contributed by atoms with van der Waals surface area (Å²) in [6.07, 6.45) is 6.61. The Kier molecular flexibility index (Phi) is 5.02. The van der Waals surface area contributed by atoms with Gasteiger partial charge in [0.05, 0.1) is 0 Å². The number of amides is 1. The summed E-state index contributed by atoms with van der Waals surface area (Å²) in [5, 5.41) is 9.83. The predicted molar refractivity (Wildman–Crippen MR) is 109 cm³/mol. The van der Waals surface area contributed by atoms with Crippen LogP contribution in [0.3, 0.4) is 0 Å². The van der Waals surface area contributed by atoms with Crippen molar-refractivity contribution < 1.29 is 19.4 Å². The number of hydrogen-bond donors (Lipinski definition) is 1. The van der Waals surface area contributed by atoms with E-state index in [0.29, 0.717) is 13.0 Å². The van der Waals surface area contributed by atoms with E-state index in [1.165, 1.54) is 4.90 Å². The van der Waals surface area contributed by atoms with Crippen LogP contribution in [0.25, 0.3) is 11.1 Å². The van der Waals surface area contributed by atoms with Crippen molar-refractivity contribution in [2.24, 2.45) is 0 Å². The molecular weight excluding hydrogens is 366 g/mol. The molecule has 1 amide bonds. The Hall–Kier alpha value is -3.26. The molecule has 1 aliphatic carbocycles. The molecule has 0 aromatic heterocycles. The molecule has 1 heterocycles. The van der Waals surface area contributed by atoms with E-state index in [-0.39, 0.29) is 18.9 Å². The monoisotopic (exact) mass is 389 g/mol. The van der Waals surface area contributed by atoms with E-state index in [4.69, 9.17) is 11.2 Å². The van der Waals surface area contributed by atoms with Gasteiger partial charge in [-0.1, -0.05) is 48.5 Å². The Morgan fingerprint density at radius 1 is 1.10 bits per heavy atom. The van der Waals surface area contributed by atoms with Crippen LogP contribution in [-0.2, 0) is 9.53 Å². The molecule has 2 aromatic carbocycles. The van der Waals surface area contributed by atoms with Crippen molar-refractivity contribution >= 4 is 12.1 Å². The fourth-order valence-corrected chi connectivity index (χ4v) is 4.62. The lowest BCUT2D eigenvalue weighted by Crippen LogP contribution is -2.59. The SMILES string of the molecule is C#CCC1(C(=O)O)CCCCN1C(=O)OCC1c2ccccc2-c2ccccc21. The summed E-state index contributed by atoms with van der Waals surface area (Å²) in [5.41, 5.74) is 3.15. The summed E-state index contributed by atoms with van der Waals surface area (Å²) < 4.78 is 5.69. The van der Waals surface area contributed by atoms with Gasteiger partial charge in [-0.3, -0.25) is 4.90 Å². The van der Waals surface area contributed by atoms with E-state index < -0.39 is 17.6 Å². The van der Waals surface area contributed by atoms with Gasteiger partial charge < -0.3 is 9.84 Å². The topological polar surface area (TPSA) is 66.8 Å². The highest BCUT2D eigenvalue weighted by molar-refractivity contribution is 5.85. The Balaban J connectivity index is 1.57. The standard InChI is InChI=1S/C24H23NO4/c1-2-13-24(22(26)27)14-7-8-15-25(24)23(28)29-16-21-19-11-5-3-9-17(19)18-10-4-6-12-20(18)21/h1,3-6,9-12,21H,7-8,13-16H2,(H,26,27). The summed E-state index contributed by atoms with van der Waals surface area (Å²) in [5.74, 6) is 1.30. The lowest BCUT2D eigenvalue weighted by molar-refractivity contribution is -0.152. The number of fused-ring (bicyclic) bond motifs is 3. The number of ether oxygens (including phenoxy) is 1. The minimum Gasteiger partial charge on any atom is -0.479 e. The number of likely N-dealkylation sites (tertiary alicyclic amines) is 1. The Bertz CT molecular complexity index is 947. The summed E-state index contributed by atoms with van der Waals surface area (Å²) in [7, 11) is 0. The van der Waals surface area contributed by atoms with Gasteiger partial charge in [0.25, 0.3) is 0 Å². The zero-order chi connectivity index (χ0) is 20.4. The Morgan fingerprint density at radius 2 is 1.72 bits per heavy atom. The van der Waals surface area contributed by atoms with Crippen LogP contribution in [0.2, 0.25) is 0 Å². The molecule has 2 aliphatic rings. The molecule has 1 unspecified atom stereocenters. The van der Waals surface area contributed by atoms with E-state index in [1.807, 2.05) is 24.3 Å². The smallest absolute Gasteiger partial charge is 0.410 e. The van der Waals surface area contributed by atoms with Gasteiger partial charge in [-0.25, -0.2) is 9.59 Å². The zero-order valence-corrected chi connectivity index (χ0v) is 16.1. The predicted octanol–water partition coefficient (Wildman–Crippen LogP) is 4.27. The van der Waals surface area contributed by atoms with E-state index in [9.17, 15) is 14.7 Å². The van der Waals surface area contributed by atoms with Crippen LogP contribution >= 0.6 is 0 Å². The molecule has 29 heavy (non-hydrogen) atoms. The highest BCUT2D eigenvalue weighted by Crippen LogP contribution is 2.44. The third-order valence-corrected chi connectivity index (χ3v) is 6.09. The first-order valence-corrected chi connectivity index (χ1v) is 9.88. The van der Waals surface area contributed by atoms with E-state index in [1.54, 1.807) is 0 Å². The van der Waals surface area contributed by atoms with Crippen molar-refractivity contribution in [2.45, 2.75) is 37.1 Å². The Morgan fingerprint density at radius 3 is 2.31 bits per heavy atom. The minimum atomic E-state index is -1.38. The van der Waals surface area contributed by atoms with Crippen molar-refractivity contribution in [3.63, 3.8) is 0 Å². The average molecular weight is 389 g/mol. The fourth-order valence-electron chi connectivity index (χ4n) is 4.62. The van der Waals surface area contributed by atoms with Gasteiger partial charge in [0.15, 0.2) is 5.54 Å². The van der Waals surface area contributed by atoms with Gasteiger partial charge in [-0.2, -0.15) is 0 Å².